The zero-order valence-corrected chi connectivity index (χ0v) is 14.0. The Bertz CT molecular complexity index is 584. The van der Waals surface area contributed by atoms with E-state index in [0.29, 0.717) is 13.2 Å². The van der Waals surface area contributed by atoms with Crippen LogP contribution in [0.2, 0.25) is 0 Å². The van der Waals surface area contributed by atoms with Crippen LogP contribution >= 0.6 is 0 Å². The summed E-state index contributed by atoms with van der Waals surface area (Å²) >= 11 is 0. The number of anilines is 2. The molecule has 0 radical (unpaired) electrons. The summed E-state index contributed by atoms with van der Waals surface area (Å²) in [4.78, 5) is 6.40. The number of aromatic nitrogens is 1. The molecule has 2 rings (SSSR count). The van der Waals surface area contributed by atoms with Crippen molar-refractivity contribution in [2.45, 2.75) is 19.9 Å². The Kier molecular flexibility index (Phi) is 6.23. The van der Waals surface area contributed by atoms with Crippen molar-refractivity contribution in [3.8, 4) is 5.75 Å². The Morgan fingerprint density at radius 3 is 2.52 bits per heavy atom. The van der Waals surface area contributed by atoms with E-state index >= 15 is 0 Å². The Balaban J connectivity index is 1.98. The molecule has 1 unspecified atom stereocenters. The van der Waals surface area contributed by atoms with Gasteiger partial charge in [0.15, 0.2) is 0 Å². The van der Waals surface area contributed by atoms with E-state index in [9.17, 15) is 0 Å². The molecule has 5 nitrogen and oxygen atoms in total. The summed E-state index contributed by atoms with van der Waals surface area (Å²) < 4.78 is 5.46. The largest absolute Gasteiger partial charge is 0.494 e. The Hall–Kier alpha value is -2.27. The Morgan fingerprint density at radius 1 is 1.22 bits per heavy atom. The SMILES string of the molecule is CCOc1ccc(C(C)Nc2ccc(N(C)CCO)cn2)cc1. The third-order valence-electron chi connectivity index (χ3n) is 3.68. The first-order valence-corrected chi connectivity index (χ1v) is 7.91. The average Bonchev–Trinajstić information content (AvgIpc) is 2.56. The van der Waals surface area contributed by atoms with Gasteiger partial charge in [-0.05, 0) is 43.7 Å². The molecular weight excluding hydrogens is 290 g/mol. The second-order valence-electron chi connectivity index (χ2n) is 5.41. The van der Waals surface area contributed by atoms with Gasteiger partial charge in [-0.15, -0.1) is 0 Å². The fraction of sp³-hybridized carbons (Fsp3) is 0.389. The topological polar surface area (TPSA) is 57.6 Å². The molecule has 0 spiro atoms. The summed E-state index contributed by atoms with van der Waals surface area (Å²) in [5, 5.41) is 12.4. The van der Waals surface area contributed by atoms with E-state index in [-0.39, 0.29) is 12.6 Å². The molecule has 5 heteroatoms. The van der Waals surface area contributed by atoms with Crippen LogP contribution in [0.1, 0.15) is 25.5 Å². The van der Waals surface area contributed by atoms with Gasteiger partial charge in [-0.1, -0.05) is 12.1 Å². The summed E-state index contributed by atoms with van der Waals surface area (Å²) in [5.41, 5.74) is 2.16. The van der Waals surface area contributed by atoms with Crippen molar-refractivity contribution in [1.82, 2.24) is 4.98 Å². The number of aliphatic hydroxyl groups is 1. The summed E-state index contributed by atoms with van der Waals surface area (Å²) in [6.45, 7) is 5.48. The normalized spacial score (nSPS) is 11.8. The molecule has 124 valence electrons. The molecule has 1 heterocycles. The zero-order valence-electron chi connectivity index (χ0n) is 14.0. The van der Waals surface area contributed by atoms with Crippen molar-refractivity contribution >= 4 is 11.5 Å². The number of likely N-dealkylation sites (N-methyl/N-ethyl adjacent to an activating group) is 1. The number of hydrogen-bond donors (Lipinski definition) is 2. The molecule has 1 aromatic carbocycles. The summed E-state index contributed by atoms with van der Waals surface area (Å²) in [7, 11) is 1.93. The Labute approximate surface area is 137 Å². The molecule has 1 aromatic heterocycles. The summed E-state index contributed by atoms with van der Waals surface area (Å²) in [5.74, 6) is 1.71. The molecule has 2 aromatic rings. The predicted octanol–water partition coefficient (Wildman–Crippen LogP) is 3.08. The van der Waals surface area contributed by atoms with Crippen LogP contribution in [0.4, 0.5) is 11.5 Å². The van der Waals surface area contributed by atoms with E-state index in [1.54, 1.807) is 0 Å². The molecule has 0 bridgehead atoms. The van der Waals surface area contributed by atoms with Crippen LogP contribution in [0, 0.1) is 0 Å². The van der Waals surface area contributed by atoms with E-state index in [4.69, 9.17) is 9.84 Å². The maximum absolute atomic E-state index is 8.97. The highest BCUT2D eigenvalue weighted by molar-refractivity contribution is 5.49. The second kappa shape index (κ2) is 8.39. The zero-order chi connectivity index (χ0) is 16.7. The van der Waals surface area contributed by atoms with Crippen LogP contribution in [0.25, 0.3) is 0 Å². The molecule has 0 amide bonds. The number of pyridine rings is 1. The first-order chi connectivity index (χ1) is 11.1. The van der Waals surface area contributed by atoms with Gasteiger partial charge in [0.05, 0.1) is 25.1 Å². The standard InChI is InChI=1S/C18H25N3O2/c1-4-23-17-8-5-15(6-9-17)14(2)20-18-10-7-16(13-19-18)21(3)11-12-22/h5-10,13-14,22H,4,11-12H2,1-3H3,(H,19,20). The maximum Gasteiger partial charge on any atom is 0.126 e. The van der Waals surface area contributed by atoms with Crippen LogP contribution in [-0.4, -0.2) is 36.9 Å². The first kappa shape index (κ1) is 17.1. The summed E-state index contributed by atoms with van der Waals surface area (Å²) in [6.07, 6.45) is 1.81. The van der Waals surface area contributed by atoms with Crippen molar-refractivity contribution in [2.24, 2.45) is 0 Å². The van der Waals surface area contributed by atoms with Gasteiger partial charge in [-0.25, -0.2) is 4.98 Å². The highest BCUT2D eigenvalue weighted by atomic mass is 16.5. The maximum atomic E-state index is 8.97. The van der Waals surface area contributed by atoms with Crippen molar-refractivity contribution in [3.63, 3.8) is 0 Å². The minimum atomic E-state index is 0.130. The number of nitrogens with zero attached hydrogens (tertiary/aromatic N) is 2. The lowest BCUT2D eigenvalue weighted by Crippen LogP contribution is -2.21. The van der Waals surface area contributed by atoms with E-state index in [0.717, 1.165) is 17.3 Å². The fourth-order valence-electron chi connectivity index (χ4n) is 2.30. The molecule has 0 aliphatic carbocycles. The van der Waals surface area contributed by atoms with Crippen LogP contribution < -0.4 is 15.0 Å². The van der Waals surface area contributed by atoms with Gasteiger partial charge in [0.2, 0.25) is 0 Å². The van der Waals surface area contributed by atoms with Crippen molar-refractivity contribution in [1.29, 1.82) is 0 Å². The third-order valence-corrected chi connectivity index (χ3v) is 3.68. The quantitative estimate of drug-likeness (QED) is 0.784. The number of nitrogens with one attached hydrogen (secondary N) is 1. The number of aliphatic hydroxyl groups excluding tert-OH is 1. The third kappa shape index (κ3) is 4.86. The lowest BCUT2D eigenvalue weighted by molar-refractivity contribution is 0.304. The predicted molar refractivity (Wildman–Crippen MR) is 94.2 cm³/mol. The molecule has 0 fully saturated rings. The van der Waals surface area contributed by atoms with Gasteiger partial charge in [0, 0.05) is 19.6 Å². The van der Waals surface area contributed by atoms with Crippen molar-refractivity contribution in [2.75, 3.05) is 37.0 Å². The van der Waals surface area contributed by atoms with Crippen LogP contribution in [-0.2, 0) is 0 Å². The number of hydrogen-bond acceptors (Lipinski definition) is 5. The first-order valence-electron chi connectivity index (χ1n) is 7.91. The van der Waals surface area contributed by atoms with Gasteiger partial charge in [0.1, 0.15) is 11.6 Å². The molecule has 0 aliphatic heterocycles. The molecule has 0 aliphatic rings. The van der Waals surface area contributed by atoms with Crippen molar-refractivity contribution < 1.29 is 9.84 Å². The van der Waals surface area contributed by atoms with Crippen LogP contribution in [0.5, 0.6) is 5.75 Å². The van der Waals surface area contributed by atoms with Gasteiger partial charge >= 0.3 is 0 Å². The van der Waals surface area contributed by atoms with Gasteiger partial charge in [0.25, 0.3) is 0 Å². The molecule has 2 N–H and O–H groups in total. The van der Waals surface area contributed by atoms with Gasteiger partial charge in [-0.2, -0.15) is 0 Å². The number of benzene rings is 1. The minimum absolute atomic E-state index is 0.130. The minimum Gasteiger partial charge on any atom is -0.494 e. The molecule has 23 heavy (non-hydrogen) atoms. The van der Waals surface area contributed by atoms with Gasteiger partial charge < -0.3 is 20.1 Å². The lowest BCUT2D eigenvalue weighted by Gasteiger charge is -2.19. The number of rotatable bonds is 8. The molecular formula is C18H25N3O2. The van der Waals surface area contributed by atoms with E-state index in [1.165, 1.54) is 5.56 Å². The van der Waals surface area contributed by atoms with Crippen molar-refractivity contribution in [3.05, 3.63) is 48.2 Å². The number of ether oxygens (including phenoxy) is 1. The average molecular weight is 315 g/mol. The highest BCUT2D eigenvalue weighted by Gasteiger charge is 2.07. The lowest BCUT2D eigenvalue weighted by atomic mass is 10.1. The van der Waals surface area contributed by atoms with Gasteiger partial charge in [-0.3, -0.25) is 0 Å². The molecule has 1 atom stereocenters. The van der Waals surface area contributed by atoms with Crippen LogP contribution in [0.15, 0.2) is 42.6 Å². The molecule has 0 saturated heterocycles. The van der Waals surface area contributed by atoms with E-state index in [1.807, 2.05) is 49.3 Å². The smallest absolute Gasteiger partial charge is 0.126 e. The van der Waals surface area contributed by atoms with Crippen LogP contribution in [0.3, 0.4) is 0 Å². The summed E-state index contributed by atoms with van der Waals surface area (Å²) in [6, 6.07) is 12.2. The van der Waals surface area contributed by atoms with E-state index < -0.39 is 0 Å². The van der Waals surface area contributed by atoms with E-state index in [2.05, 4.69) is 29.4 Å². The molecule has 0 saturated carbocycles. The monoisotopic (exact) mass is 315 g/mol. The highest BCUT2D eigenvalue weighted by Crippen LogP contribution is 2.22. The second-order valence-corrected chi connectivity index (χ2v) is 5.41. The Morgan fingerprint density at radius 2 is 1.96 bits per heavy atom. The fourth-order valence-corrected chi connectivity index (χ4v) is 2.30.